The van der Waals surface area contributed by atoms with E-state index in [4.69, 9.17) is 11.6 Å². The first-order chi connectivity index (χ1) is 9.97. The molecule has 1 aliphatic rings. The molecule has 0 radical (unpaired) electrons. The highest BCUT2D eigenvalue weighted by molar-refractivity contribution is 6.31. The molecule has 1 aromatic rings. The second-order valence-corrected chi connectivity index (χ2v) is 5.66. The van der Waals surface area contributed by atoms with Gasteiger partial charge in [-0.15, -0.1) is 0 Å². The predicted molar refractivity (Wildman–Crippen MR) is 80.3 cm³/mol. The van der Waals surface area contributed by atoms with Crippen molar-refractivity contribution in [2.24, 2.45) is 0 Å². The molecule has 114 valence electrons. The molecule has 21 heavy (non-hydrogen) atoms. The minimum atomic E-state index is -0.0609. The first-order valence-electron chi connectivity index (χ1n) is 6.96. The summed E-state index contributed by atoms with van der Waals surface area (Å²) in [5.74, 6) is 0.184. The van der Waals surface area contributed by atoms with Gasteiger partial charge in [0.2, 0.25) is 11.8 Å². The number of rotatable bonds is 5. The quantitative estimate of drug-likeness (QED) is 0.900. The molecule has 0 aromatic heterocycles. The number of phenols is 1. The van der Waals surface area contributed by atoms with E-state index in [2.05, 4.69) is 0 Å². The van der Waals surface area contributed by atoms with Crippen LogP contribution in [0.4, 0.5) is 0 Å². The topological polar surface area (TPSA) is 60.9 Å². The summed E-state index contributed by atoms with van der Waals surface area (Å²) in [5, 5.41) is 9.67. The van der Waals surface area contributed by atoms with E-state index in [-0.39, 0.29) is 24.0 Å². The largest absolute Gasteiger partial charge is 0.508 e. The van der Waals surface area contributed by atoms with Crippen molar-refractivity contribution in [1.82, 2.24) is 9.80 Å². The van der Waals surface area contributed by atoms with Crippen LogP contribution in [-0.2, 0) is 16.0 Å². The van der Waals surface area contributed by atoms with E-state index in [1.54, 1.807) is 22.9 Å². The van der Waals surface area contributed by atoms with Gasteiger partial charge in [-0.3, -0.25) is 9.59 Å². The highest BCUT2D eigenvalue weighted by atomic mass is 35.5. The first-order valence-corrected chi connectivity index (χ1v) is 7.34. The average molecular weight is 311 g/mol. The van der Waals surface area contributed by atoms with Gasteiger partial charge < -0.3 is 14.9 Å². The summed E-state index contributed by atoms with van der Waals surface area (Å²) < 4.78 is 0. The molecule has 0 atom stereocenters. The zero-order chi connectivity index (χ0) is 15.4. The molecule has 2 amide bonds. The molecule has 0 bridgehead atoms. The normalized spacial score (nSPS) is 14.6. The Kier molecular flexibility index (Phi) is 5.07. The van der Waals surface area contributed by atoms with Crippen LogP contribution in [0.5, 0.6) is 5.75 Å². The molecule has 0 saturated carbocycles. The van der Waals surface area contributed by atoms with E-state index < -0.39 is 0 Å². The Hall–Kier alpha value is -1.75. The number of nitrogens with zero attached hydrogens (tertiary/aromatic N) is 2. The second kappa shape index (κ2) is 6.80. The molecular formula is C15H19ClN2O3. The van der Waals surface area contributed by atoms with Gasteiger partial charge in [0.05, 0.1) is 6.42 Å². The number of halogens is 1. The van der Waals surface area contributed by atoms with Crippen molar-refractivity contribution < 1.29 is 14.7 Å². The average Bonchev–Trinajstić information content (AvgIpc) is 2.84. The van der Waals surface area contributed by atoms with Gasteiger partial charge >= 0.3 is 0 Å². The lowest BCUT2D eigenvalue weighted by molar-refractivity contribution is -0.132. The van der Waals surface area contributed by atoms with Crippen molar-refractivity contribution in [3.8, 4) is 5.75 Å². The third-order valence-corrected chi connectivity index (χ3v) is 4.03. The van der Waals surface area contributed by atoms with Crippen molar-refractivity contribution in [2.45, 2.75) is 19.3 Å². The van der Waals surface area contributed by atoms with Gasteiger partial charge in [-0.1, -0.05) is 17.7 Å². The molecular weight excluding hydrogens is 292 g/mol. The fourth-order valence-electron chi connectivity index (χ4n) is 2.31. The van der Waals surface area contributed by atoms with Gasteiger partial charge in [-0.25, -0.2) is 0 Å². The standard InChI is InChI=1S/C15H19ClN2O3/c1-17(7-8-18-6-2-3-14(18)20)15(21)9-11-4-5-12(19)10-13(11)16/h4-5,10,19H,2-3,6-9H2,1H3. The fraction of sp³-hybridized carbons (Fsp3) is 0.467. The Labute approximate surface area is 129 Å². The molecule has 1 aromatic carbocycles. The van der Waals surface area contributed by atoms with Crippen LogP contribution in [0.3, 0.4) is 0 Å². The SMILES string of the molecule is CN(CCN1CCCC1=O)C(=O)Cc1ccc(O)cc1Cl. The van der Waals surface area contributed by atoms with E-state index in [9.17, 15) is 14.7 Å². The van der Waals surface area contributed by atoms with Crippen LogP contribution in [0.15, 0.2) is 18.2 Å². The maximum Gasteiger partial charge on any atom is 0.226 e. The van der Waals surface area contributed by atoms with Crippen molar-refractivity contribution in [2.75, 3.05) is 26.7 Å². The van der Waals surface area contributed by atoms with Crippen LogP contribution in [0.2, 0.25) is 5.02 Å². The van der Waals surface area contributed by atoms with Gasteiger partial charge in [0.15, 0.2) is 0 Å². The summed E-state index contributed by atoms with van der Waals surface area (Å²) in [4.78, 5) is 27.0. The van der Waals surface area contributed by atoms with Crippen molar-refractivity contribution >= 4 is 23.4 Å². The second-order valence-electron chi connectivity index (χ2n) is 5.25. The first kappa shape index (κ1) is 15.6. The number of carbonyl (C=O) groups excluding carboxylic acids is 2. The lowest BCUT2D eigenvalue weighted by Gasteiger charge is -2.22. The highest BCUT2D eigenvalue weighted by Crippen LogP contribution is 2.22. The van der Waals surface area contributed by atoms with Crippen LogP contribution < -0.4 is 0 Å². The predicted octanol–water partition coefficient (Wildman–Crippen LogP) is 1.67. The van der Waals surface area contributed by atoms with E-state index in [1.165, 1.54) is 12.1 Å². The van der Waals surface area contributed by atoms with Gasteiger partial charge in [0, 0.05) is 38.1 Å². The summed E-state index contributed by atoms with van der Waals surface area (Å²) in [6, 6.07) is 4.58. The molecule has 0 spiro atoms. The van der Waals surface area contributed by atoms with Crippen LogP contribution in [0, 0.1) is 0 Å². The van der Waals surface area contributed by atoms with Crippen molar-refractivity contribution in [1.29, 1.82) is 0 Å². The Morgan fingerprint density at radius 1 is 1.48 bits per heavy atom. The Bertz CT molecular complexity index is 548. The summed E-state index contributed by atoms with van der Waals surface area (Å²) in [6.07, 6.45) is 1.70. The monoisotopic (exact) mass is 310 g/mol. The third kappa shape index (κ3) is 4.11. The summed E-state index contributed by atoms with van der Waals surface area (Å²) in [6.45, 7) is 1.87. The fourth-order valence-corrected chi connectivity index (χ4v) is 2.55. The number of hydrogen-bond donors (Lipinski definition) is 1. The van der Waals surface area contributed by atoms with Crippen LogP contribution in [-0.4, -0.2) is 53.4 Å². The van der Waals surface area contributed by atoms with E-state index >= 15 is 0 Å². The van der Waals surface area contributed by atoms with Gasteiger partial charge in [-0.05, 0) is 24.1 Å². The zero-order valence-corrected chi connectivity index (χ0v) is 12.8. The van der Waals surface area contributed by atoms with E-state index in [0.29, 0.717) is 30.1 Å². The molecule has 5 nitrogen and oxygen atoms in total. The van der Waals surface area contributed by atoms with Crippen LogP contribution in [0.1, 0.15) is 18.4 Å². The summed E-state index contributed by atoms with van der Waals surface area (Å²) in [7, 11) is 1.72. The minimum Gasteiger partial charge on any atom is -0.508 e. The van der Waals surface area contributed by atoms with Crippen molar-refractivity contribution in [3.63, 3.8) is 0 Å². The smallest absolute Gasteiger partial charge is 0.226 e. The van der Waals surface area contributed by atoms with E-state index in [1.807, 2.05) is 0 Å². The molecule has 1 aliphatic heterocycles. The number of likely N-dealkylation sites (N-methyl/N-ethyl adjacent to an activating group) is 1. The van der Waals surface area contributed by atoms with Crippen LogP contribution in [0.25, 0.3) is 0 Å². The maximum atomic E-state index is 12.1. The number of likely N-dealkylation sites (tertiary alicyclic amines) is 1. The zero-order valence-electron chi connectivity index (χ0n) is 12.0. The Morgan fingerprint density at radius 3 is 2.86 bits per heavy atom. The van der Waals surface area contributed by atoms with Gasteiger partial charge in [0.1, 0.15) is 5.75 Å². The Morgan fingerprint density at radius 2 is 2.24 bits per heavy atom. The molecule has 1 N–H and O–H groups in total. The number of amides is 2. The molecule has 2 rings (SSSR count). The number of phenolic OH excluding ortho intramolecular Hbond substituents is 1. The van der Waals surface area contributed by atoms with E-state index in [0.717, 1.165) is 13.0 Å². The van der Waals surface area contributed by atoms with Gasteiger partial charge in [-0.2, -0.15) is 0 Å². The van der Waals surface area contributed by atoms with Crippen molar-refractivity contribution in [3.05, 3.63) is 28.8 Å². The number of benzene rings is 1. The number of carbonyl (C=O) groups is 2. The molecule has 1 heterocycles. The number of hydrogen-bond acceptors (Lipinski definition) is 3. The lowest BCUT2D eigenvalue weighted by atomic mass is 10.1. The lowest BCUT2D eigenvalue weighted by Crippen LogP contribution is -2.37. The molecule has 6 heteroatoms. The van der Waals surface area contributed by atoms with Crippen LogP contribution >= 0.6 is 11.6 Å². The number of aromatic hydroxyl groups is 1. The highest BCUT2D eigenvalue weighted by Gasteiger charge is 2.21. The molecule has 0 unspecified atom stereocenters. The minimum absolute atomic E-state index is 0.0609. The molecule has 1 saturated heterocycles. The maximum absolute atomic E-state index is 12.1. The summed E-state index contributed by atoms with van der Waals surface area (Å²) >= 11 is 5.99. The Balaban J connectivity index is 1.86. The third-order valence-electron chi connectivity index (χ3n) is 3.68. The summed E-state index contributed by atoms with van der Waals surface area (Å²) in [5.41, 5.74) is 0.684. The molecule has 1 fully saturated rings. The molecule has 0 aliphatic carbocycles. The van der Waals surface area contributed by atoms with Gasteiger partial charge in [0.25, 0.3) is 0 Å².